The maximum atomic E-state index is 5.55. The number of morpholine rings is 1. The molecule has 0 N–H and O–H groups in total. The van der Waals surface area contributed by atoms with Crippen molar-refractivity contribution >= 4 is 17.7 Å². The number of para-hydroxylation sites is 1. The molecular weight excluding hydrogens is 448 g/mol. The van der Waals surface area contributed by atoms with Gasteiger partial charge in [-0.25, -0.2) is 0 Å². The molecule has 176 valence electrons. The molecule has 8 nitrogen and oxygen atoms in total. The summed E-state index contributed by atoms with van der Waals surface area (Å²) in [6, 6.07) is 18.4. The van der Waals surface area contributed by atoms with Crippen LogP contribution < -0.4 is 4.90 Å². The van der Waals surface area contributed by atoms with E-state index in [1.807, 2.05) is 30.3 Å². The van der Waals surface area contributed by atoms with Gasteiger partial charge in [-0.05, 0) is 24.5 Å². The fourth-order valence-electron chi connectivity index (χ4n) is 4.01. The van der Waals surface area contributed by atoms with Crippen LogP contribution in [0.25, 0.3) is 17.1 Å². The second kappa shape index (κ2) is 10.8. The van der Waals surface area contributed by atoms with Crippen molar-refractivity contribution in [3.05, 3.63) is 66.1 Å². The van der Waals surface area contributed by atoms with Crippen molar-refractivity contribution in [3.63, 3.8) is 0 Å². The Kier molecular flexibility index (Phi) is 7.21. The van der Waals surface area contributed by atoms with E-state index in [9.17, 15) is 0 Å². The van der Waals surface area contributed by atoms with Crippen LogP contribution in [0.4, 0.5) is 5.95 Å². The smallest absolute Gasteiger partial charge is 0.232 e. The van der Waals surface area contributed by atoms with E-state index in [4.69, 9.17) is 9.26 Å². The molecule has 2 aromatic heterocycles. The van der Waals surface area contributed by atoms with Gasteiger partial charge in [0.25, 0.3) is 0 Å². The number of nitrogens with zero attached hydrogens (tertiary/aromatic N) is 6. The first-order valence-electron chi connectivity index (χ1n) is 11.7. The monoisotopic (exact) mass is 476 g/mol. The summed E-state index contributed by atoms with van der Waals surface area (Å²) in [5, 5.41) is 14.2. The summed E-state index contributed by atoms with van der Waals surface area (Å²) in [7, 11) is 0. The zero-order valence-electron chi connectivity index (χ0n) is 19.3. The van der Waals surface area contributed by atoms with Gasteiger partial charge >= 0.3 is 0 Å². The van der Waals surface area contributed by atoms with E-state index in [2.05, 4.69) is 61.0 Å². The summed E-state index contributed by atoms with van der Waals surface area (Å²) in [5.41, 5.74) is 3.38. The van der Waals surface area contributed by atoms with E-state index in [0.29, 0.717) is 24.9 Å². The van der Waals surface area contributed by atoms with Crippen LogP contribution in [0.1, 0.15) is 24.8 Å². The number of aromatic nitrogens is 5. The van der Waals surface area contributed by atoms with Gasteiger partial charge in [-0.3, -0.25) is 4.57 Å². The lowest BCUT2D eigenvalue weighted by molar-refractivity contribution is 0.122. The van der Waals surface area contributed by atoms with Crippen molar-refractivity contribution in [1.82, 2.24) is 24.9 Å². The molecule has 1 aliphatic heterocycles. The Morgan fingerprint density at radius 2 is 1.76 bits per heavy atom. The summed E-state index contributed by atoms with van der Waals surface area (Å²) < 4.78 is 13.2. The van der Waals surface area contributed by atoms with Gasteiger partial charge in [-0.2, -0.15) is 4.98 Å². The molecule has 4 aromatic rings. The van der Waals surface area contributed by atoms with Crippen LogP contribution in [0.3, 0.4) is 0 Å². The maximum Gasteiger partial charge on any atom is 0.232 e. The van der Waals surface area contributed by atoms with E-state index in [-0.39, 0.29) is 0 Å². The molecule has 0 aliphatic carbocycles. The topological polar surface area (TPSA) is 82.1 Å². The number of thioether (sulfide) groups is 1. The minimum atomic E-state index is 0.634. The number of anilines is 1. The number of hydrogen-bond acceptors (Lipinski definition) is 8. The highest BCUT2D eigenvalue weighted by Crippen LogP contribution is 2.30. The zero-order chi connectivity index (χ0) is 23.2. The Morgan fingerprint density at radius 3 is 2.59 bits per heavy atom. The van der Waals surface area contributed by atoms with Gasteiger partial charge in [0.05, 0.1) is 18.9 Å². The molecule has 1 saturated heterocycles. The number of aryl methyl sites for hydroxylation is 2. The van der Waals surface area contributed by atoms with Crippen LogP contribution in [0, 0.1) is 0 Å². The Hall–Kier alpha value is -3.17. The van der Waals surface area contributed by atoms with Crippen molar-refractivity contribution in [2.45, 2.75) is 31.3 Å². The van der Waals surface area contributed by atoms with Gasteiger partial charge < -0.3 is 14.2 Å². The summed E-state index contributed by atoms with van der Waals surface area (Å²) in [6.07, 6.45) is 2.57. The van der Waals surface area contributed by atoms with Crippen LogP contribution >= 0.6 is 11.8 Å². The van der Waals surface area contributed by atoms with Crippen molar-refractivity contribution in [2.75, 3.05) is 37.0 Å². The van der Waals surface area contributed by atoms with E-state index in [1.54, 1.807) is 11.8 Å². The Balaban J connectivity index is 1.29. The van der Waals surface area contributed by atoms with E-state index in [1.165, 1.54) is 5.56 Å². The highest BCUT2D eigenvalue weighted by molar-refractivity contribution is 7.99. The average molecular weight is 477 g/mol. The van der Waals surface area contributed by atoms with Crippen LogP contribution in [-0.4, -0.2) is 57.0 Å². The third-order valence-corrected chi connectivity index (χ3v) is 6.81. The third kappa shape index (κ3) is 5.00. The van der Waals surface area contributed by atoms with Crippen LogP contribution in [-0.2, 0) is 17.6 Å². The summed E-state index contributed by atoms with van der Waals surface area (Å²) >= 11 is 1.71. The van der Waals surface area contributed by atoms with Crippen molar-refractivity contribution in [1.29, 1.82) is 0 Å². The molecule has 3 heterocycles. The number of ether oxygens (including phenoxy) is 1. The van der Waals surface area contributed by atoms with Crippen molar-refractivity contribution in [3.8, 4) is 17.1 Å². The molecular formula is C25H28N6O2S. The van der Waals surface area contributed by atoms with Gasteiger partial charge in [0.1, 0.15) is 0 Å². The number of rotatable bonds is 9. The van der Waals surface area contributed by atoms with Gasteiger partial charge in [0, 0.05) is 30.8 Å². The minimum absolute atomic E-state index is 0.634. The minimum Gasteiger partial charge on any atom is -0.378 e. The Labute approximate surface area is 203 Å². The third-order valence-electron chi connectivity index (χ3n) is 5.79. The second-order valence-electron chi connectivity index (χ2n) is 8.03. The molecule has 0 radical (unpaired) electrons. The summed E-state index contributed by atoms with van der Waals surface area (Å²) in [5.74, 6) is 3.05. The van der Waals surface area contributed by atoms with Crippen LogP contribution in [0.5, 0.6) is 0 Å². The lowest BCUT2D eigenvalue weighted by Gasteiger charge is -2.28. The SMILES string of the molecule is CCc1ccccc1-n1c(SCCCc2nc(-c3ccccc3)no2)nnc1N1CCOCC1. The molecule has 0 atom stereocenters. The molecule has 34 heavy (non-hydrogen) atoms. The largest absolute Gasteiger partial charge is 0.378 e. The predicted octanol–water partition coefficient (Wildman–Crippen LogP) is 4.44. The molecule has 2 aromatic carbocycles. The van der Waals surface area contributed by atoms with Crippen molar-refractivity contribution in [2.24, 2.45) is 0 Å². The van der Waals surface area contributed by atoms with Crippen LogP contribution in [0.15, 0.2) is 64.3 Å². The molecule has 0 saturated carbocycles. The average Bonchev–Trinajstić information content (AvgIpc) is 3.55. The predicted molar refractivity (Wildman–Crippen MR) is 133 cm³/mol. The lowest BCUT2D eigenvalue weighted by atomic mass is 10.1. The first-order valence-corrected chi connectivity index (χ1v) is 12.7. The standard InChI is InChI=1S/C25H28N6O2S/c1-2-19-9-6-7-12-21(19)31-24(30-14-16-32-17-15-30)27-28-25(31)34-18-8-13-22-26-23(29-33-22)20-10-4-3-5-11-20/h3-7,9-12H,2,8,13-18H2,1H3. The molecule has 5 rings (SSSR count). The molecule has 0 bridgehead atoms. The van der Waals surface area contributed by atoms with Gasteiger partial charge in [0.15, 0.2) is 5.16 Å². The normalized spacial score (nSPS) is 14.0. The lowest BCUT2D eigenvalue weighted by Crippen LogP contribution is -2.38. The number of hydrogen-bond donors (Lipinski definition) is 0. The second-order valence-corrected chi connectivity index (χ2v) is 9.09. The first-order chi connectivity index (χ1) is 16.8. The first kappa shape index (κ1) is 22.6. The molecule has 1 aliphatic rings. The summed E-state index contributed by atoms with van der Waals surface area (Å²) in [6.45, 7) is 5.23. The molecule has 9 heteroatoms. The van der Waals surface area contributed by atoms with E-state index < -0.39 is 0 Å². The van der Waals surface area contributed by atoms with Gasteiger partial charge in [0.2, 0.25) is 17.7 Å². The Morgan fingerprint density at radius 1 is 0.971 bits per heavy atom. The molecule has 0 spiro atoms. The van der Waals surface area contributed by atoms with Crippen molar-refractivity contribution < 1.29 is 9.26 Å². The maximum absolute atomic E-state index is 5.55. The fraction of sp³-hybridized carbons (Fsp3) is 0.360. The van der Waals surface area contributed by atoms with E-state index in [0.717, 1.165) is 60.5 Å². The van der Waals surface area contributed by atoms with Crippen LogP contribution in [0.2, 0.25) is 0 Å². The highest BCUT2D eigenvalue weighted by Gasteiger charge is 2.23. The fourth-order valence-corrected chi connectivity index (χ4v) is 4.89. The molecule has 0 amide bonds. The van der Waals surface area contributed by atoms with E-state index >= 15 is 0 Å². The highest BCUT2D eigenvalue weighted by atomic mass is 32.2. The Bertz CT molecular complexity index is 1200. The zero-order valence-corrected chi connectivity index (χ0v) is 20.1. The summed E-state index contributed by atoms with van der Waals surface area (Å²) in [4.78, 5) is 6.80. The molecule has 1 fully saturated rings. The number of benzene rings is 2. The van der Waals surface area contributed by atoms with Gasteiger partial charge in [-0.15, -0.1) is 10.2 Å². The quantitative estimate of drug-likeness (QED) is 0.259. The van der Waals surface area contributed by atoms with Gasteiger partial charge in [-0.1, -0.05) is 72.4 Å². The molecule has 0 unspecified atom stereocenters.